The van der Waals surface area contributed by atoms with E-state index >= 15 is 0 Å². The van der Waals surface area contributed by atoms with E-state index < -0.39 is 15.9 Å². The molecule has 0 bridgehead atoms. The van der Waals surface area contributed by atoms with Crippen LogP contribution in [0, 0.1) is 12.7 Å². The quantitative estimate of drug-likeness (QED) is 0.612. The Labute approximate surface area is 130 Å². The SMILES string of the molecule is Cc1c(S(=O)(=O)O)sc2cc(Cl)c(F)cc12.[H-].[Na+]. The number of hydrogen-bond donors (Lipinski definition) is 1. The van der Waals surface area contributed by atoms with Gasteiger partial charge in [0, 0.05) is 4.70 Å². The van der Waals surface area contributed by atoms with Gasteiger partial charge in [-0.3, -0.25) is 4.55 Å². The van der Waals surface area contributed by atoms with Gasteiger partial charge in [0.2, 0.25) is 0 Å². The van der Waals surface area contributed by atoms with Gasteiger partial charge >= 0.3 is 39.7 Å². The Hall–Kier alpha value is 0.310. The van der Waals surface area contributed by atoms with Crippen LogP contribution in [0.2, 0.25) is 5.02 Å². The molecular formula is C9H7ClFNaO3S2. The molecule has 0 saturated heterocycles. The number of aryl methyl sites for hydroxylation is 1. The fourth-order valence-corrected chi connectivity index (χ4v) is 3.82. The second-order valence-corrected chi connectivity index (χ2v) is 6.33. The third kappa shape index (κ3) is 2.84. The van der Waals surface area contributed by atoms with Crippen LogP contribution in [0.5, 0.6) is 0 Å². The van der Waals surface area contributed by atoms with Crippen LogP contribution in [-0.2, 0) is 10.1 Å². The molecule has 88 valence electrons. The molecule has 0 aliphatic carbocycles. The van der Waals surface area contributed by atoms with Crippen molar-refractivity contribution in [3.05, 3.63) is 28.5 Å². The van der Waals surface area contributed by atoms with Crippen molar-refractivity contribution in [2.24, 2.45) is 0 Å². The van der Waals surface area contributed by atoms with Crippen LogP contribution in [0.25, 0.3) is 10.1 Å². The summed E-state index contributed by atoms with van der Waals surface area (Å²) in [6, 6.07) is 2.51. The molecule has 0 atom stereocenters. The molecule has 1 N–H and O–H groups in total. The molecule has 2 aromatic rings. The third-order valence-electron chi connectivity index (χ3n) is 2.17. The number of fused-ring (bicyclic) bond motifs is 1. The van der Waals surface area contributed by atoms with E-state index in [0.717, 1.165) is 17.4 Å². The molecule has 1 aromatic carbocycles. The van der Waals surface area contributed by atoms with Gasteiger partial charge in [0.15, 0.2) is 4.21 Å². The van der Waals surface area contributed by atoms with Crippen molar-refractivity contribution in [2.75, 3.05) is 0 Å². The summed E-state index contributed by atoms with van der Waals surface area (Å²) in [6.07, 6.45) is 0. The van der Waals surface area contributed by atoms with Crippen molar-refractivity contribution in [1.82, 2.24) is 0 Å². The van der Waals surface area contributed by atoms with Crippen molar-refractivity contribution in [1.29, 1.82) is 0 Å². The maximum atomic E-state index is 13.2. The molecule has 0 spiro atoms. The standard InChI is InChI=1S/C9H6ClFO3S2.Na.H/c1-4-5-2-7(11)6(10)3-8(5)15-9(4)16(12,13)14;;/h2-3H,1H3,(H,12,13,14);;/q;+1;-1. The van der Waals surface area contributed by atoms with Gasteiger partial charge in [-0.05, 0) is 30.0 Å². The van der Waals surface area contributed by atoms with E-state index in [9.17, 15) is 12.8 Å². The average Bonchev–Trinajstić information content (AvgIpc) is 2.45. The molecule has 1 aromatic heterocycles. The monoisotopic (exact) mass is 304 g/mol. The van der Waals surface area contributed by atoms with E-state index in [-0.39, 0.29) is 40.2 Å². The van der Waals surface area contributed by atoms with Crippen molar-refractivity contribution in [3.8, 4) is 0 Å². The van der Waals surface area contributed by atoms with Gasteiger partial charge in [0.05, 0.1) is 5.02 Å². The summed E-state index contributed by atoms with van der Waals surface area (Å²) in [6.45, 7) is 1.51. The molecule has 0 radical (unpaired) electrons. The molecule has 0 fully saturated rings. The van der Waals surface area contributed by atoms with Gasteiger partial charge in [0.1, 0.15) is 5.82 Å². The Kier molecular flexibility index (Phi) is 4.63. The number of rotatable bonds is 1. The molecule has 0 aliphatic rings. The number of halogens is 2. The van der Waals surface area contributed by atoms with E-state index in [1.54, 1.807) is 0 Å². The van der Waals surface area contributed by atoms with Crippen LogP contribution in [0.1, 0.15) is 6.99 Å². The maximum absolute atomic E-state index is 13.2. The number of benzene rings is 1. The Morgan fingerprint density at radius 2 is 2.06 bits per heavy atom. The van der Waals surface area contributed by atoms with Gasteiger partial charge < -0.3 is 1.43 Å². The first-order chi connectivity index (χ1) is 7.30. The van der Waals surface area contributed by atoms with Crippen molar-refractivity contribution in [3.63, 3.8) is 0 Å². The van der Waals surface area contributed by atoms with Crippen LogP contribution < -0.4 is 29.6 Å². The molecule has 1 heterocycles. The van der Waals surface area contributed by atoms with Gasteiger partial charge in [-0.1, -0.05) is 11.6 Å². The van der Waals surface area contributed by atoms with Gasteiger partial charge in [-0.25, -0.2) is 4.39 Å². The zero-order valence-electron chi connectivity index (χ0n) is 9.99. The first-order valence-corrected chi connectivity index (χ1v) is 6.80. The molecule has 0 amide bonds. The minimum atomic E-state index is -4.27. The summed E-state index contributed by atoms with van der Waals surface area (Å²) in [4.78, 5) is 0. The summed E-state index contributed by atoms with van der Waals surface area (Å²) in [5.41, 5.74) is 0.332. The Bertz CT molecular complexity index is 687. The van der Waals surface area contributed by atoms with Crippen LogP contribution in [0.4, 0.5) is 4.39 Å². The molecule has 3 nitrogen and oxygen atoms in total. The first kappa shape index (κ1) is 15.4. The largest absolute Gasteiger partial charge is 1.00 e. The smallest absolute Gasteiger partial charge is 1.00 e. The Balaban J connectivity index is 0.00000144. The summed E-state index contributed by atoms with van der Waals surface area (Å²) in [5.74, 6) is -0.614. The van der Waals surface area contributed by atoms with Crippen LogP contribution in [0.3, 0.4) is 0 Å². The second kappa shape index (κ2) is 5.13. The molecule has 17 heavy (non-hydrogen) atoms. The summed E-state index contributed by atoms with van der Waals surface area (Å²) in [5, 5.41) is 0.371. The predicted molar refractivity (Wildman–Crippen MR) is 62.5 cm³/mol. The number of thiophene rings is 1. The van der Waals surface area contributed by atoms with E-state index in [1.165, 1.54) is 13.0 Å². The van der Waals surface area contributed by atoms with Crippen LogP contribution in [-0.4, -0.2) is 13.0 Å². The molecule has 2 rings (SSSR count). The normalized spacial score (nSPS) is 11.5. The predicted octanol–water partition coefficient (Wildman–Crippen LogP) is 0.365. The molecular weight excluding hydrogens is 298 g/mol. The third-order valence-corrected chi connectivity index (χ3v) is 5.17. The molecule has 0 saturated carbocycles. The topological polar surface area (TPSA) is 54.4 Å². The molecule has 0 aliphatic heterocycles. The van der Waals surface area contributed by atoms with E-state index in [4.69, 9.17) is 16.2 Å². The summed E-state index contributed by atoms with van der Waals surface area (Å²) < 4.78 is 44.6. The van der Waals surface area contributed by atoms with Crippen LogP contribution >= 0.6 is 22.9 Å². The Morgan fingerprint density at radius 3 is 2.59 bits per heavy atom. The van der Waals surface area contributed by atoms with E-state index in [0.29, 0.717) is 15.6 Å². The van der Waals surface area contributed by atoms with E-state index in [2.05, 4.69) is 0 Å². The summed E-state index contributed by atoms with van der Waals surface area (Å²) in [7, 11) is -4.27. The molecule has 0 unspecified atom stereocenters. The second-order valence-electron chi connectivity index (χ2n) is 3.25. The first-order valence-electron chi connectivity index (χ1n) is 4.16. The van der Waals surface area contributed by atoms with Crippen molar-refractivity contribution < 1.29 is 48.3 Å². The minimum Gasteiger partial charge on any atom is -1.00 e. The Morgan fingerprint density at radius 1 is 1.47 bits per heavy atom. The number of hydrogen-bond acceptors (Lipinski definition) is 3. The zero-order chi connectivity index (χ0) is 12.1. The van der Waals surface area contributed by atoms with Crippen LogP contribution in [0.15, 0.2) is 16.3 Å². The maximum Gasteiger partial charge on any atom is 1.00 e. The van der Waals surface area contributed by atoms with Gasteiger partial charge in [0.25, 0.3) is 0 Å². The fourth-order valence-electron chi connectivity index (χ4n) is 1.44. The minimum absolute atomic E-state index is 0. The van der Waals surface area contributed by atoms with Crippen molar-refractivity contribution in [2.45, 2.75) is 11.1 Å². The summed E-state index contributed by atoms with van der Waals surface area (Å²) >= 11 is 6.45. The average molecular weight is 305 g/mol. The van der Waals surface area contributed by atoms with Gasteiger partial charge in [-0.15, -0.1) is 11.3 Å². The van der Waals surface area contributed by atoms with E-state index in [1.807, 2.05) is 0 Å². The van der Waals surface area contributed by atoms with Crippen molar-refractivity contribution >= 4 is 43.1 Å². The fraction of sp³-hybridized carbons (Fsp3) is 0.111. The van der Waals surface area contributed by atoms with Gasteiger partial charge in [-0.2, -0.15) is 8.42 Å². The molecule has 8 heteroatoms. The zero-order valence-corrected chi connectivity index (χ0v) is 13.4.